The zero-order chi connectivity index (χ0) is 15.2. The average molecular weight is 286 g/mol. The molecule has 0 amide bonds. The summed E-state index contributed by atoms with van der Waals surface area (Å²) in [6, 6.07) is 14.1. The summed E-state index contributed by atoms with van der Waals surface area (Å²) in [7, 11) is 1.59. The van der Waals surface area contributed by atoms with E-state index >= 15 is 0 Å². The van der Waals surface area contributed by atoms with Gasteiger partial charge in [-0.3, -0.25) is 4.79 Å². The van der Waals surface area contributed by atoms with E-state index in [-0.39, 0.29) is 5.75 Å². The molecule has 2 rings (SSSR count). The number of aliphatic carboxylic acids is 1. The summed E-state index contributed by atoms with van der Waals surface area (Å²) in [6.07, 6.45) is 0.824. The molecule has 1 unspecified atom stereocenters. The van der Waals surface area contributed by atoms with Crippen LogP contribution >= 0.6 is 0 Å². The van der Waals surface area contributed by atoms with E-state index in [0.29, 0.717) is 12.8 Å². The zero-order valence-corrected chi connectivity index (χ0v) is 11.8. The van der Waals surface area contributed by atoms with Crippen molar-refractivity contribution in [1.82, 2.24) is 0 Å². The topological polar surface area (TPSA) is 66.8 Å². The first-order valence-corrected chi connectivity index (χ1v) is 6.72. The number of methoxy groups -OCH3 is 1. The lowest BCUT2D eigenvalue weighted by Gasteiger charge is -2.13. The van der Waals surface area contributed by atoms with Gasteiger partial charge in [0, 0.05) is 0 Å². The molecule has 0 heterocycles. The summed E-state index contributed by atoms with van der Waals surface area (Å²) in [4.78, 5) is 11.4. The lowest BCUT2D eigenvalue weighted by atomic mass is 9.92. The number of hydrogen-bond acceptors (Lipinski definition) is 3. The van der Waals surface area contributed by atoms with E-state index in [4.69, 9.17) is 4.74 Å². The second-order valence-corrected chi connectivity index (χ2v) is 4.96. The van der Waals surface area contributed by atoms with Crippen LogP contribution in [0.2, 0.25) is 0 Å². The molecule has 2 N–H and O–H groups in total. The lowest BCUT2D eigenvalue weighted by Crippen LogP contribution is -2.19. The average Bonchev–Trinajstić information content (AvgIpc) is 2.47. The quantitative estimate of drug-likeness (QED) is 0.857. The van der Waals surface area contributed by atoms with Crippen molar-refractivity contribution in [2.45, 2.75) is 12.8 Å². The molecule has 1 atom stereocenters. The predicted octanol–water partition coefficient (Wildman–Crippen LogP) is 2.89. The Morgan fingerprint density at radius 1 is 1.10 bits per heavy atom. The first kappa shape index (κ1) is 14.9. The number of aromatic hydroxyl groups is 1. The Morgan fingerprint density at radius 2 is 1.76 bits per heavy atom. The fourth-order valence-electron chi connectivity index (χ4n) is 2.26. The molecule has 2 aromatic rings. The fraction of sp³-hybridized carbons (Fsp3) is 0.235. The van der Waals surface area contributed by atoms with Crippen molar-refractivity contribution >= 4 is 5.97 Å². The normalized spacial score (nSPS) is 11.9. The molecule has 0 aromatic heterocycles. The third-order valence-corrected chi connectivity index (χ3v) is 3.38. The highest BCUT2D eigenvalue weighted by Crippen LogP contribution is 2.20. The van der Waals surface area contributed by atoms with Crippen molar-refractivity contribution in [3.05, 3.63) is 59.7 Å². The minimum absolute atomic E-state index is 0.154. The Balaban J connectivity index is 2.10. The molecular formula is C17H18O4. The lowest BCUT2D eigenvalue weighted by molar-refractivity contribution is -0.141. The zero-order valence-electron chi connectivity index (χ0n) is 11.8. The number of phenols is 1. The number of carboxylic acids is 1. The molecule has 110 valence electrons. The van der Waals surface area contributed by atoms with Gasteiger partial charge in [-0.25, -0.2) is 0 Å². The third kappa shape index (κ3) is 4.24. The molecule has 2 aromatic carbocycles. The molecule has 0 radical (unpaired) electrons. The van der Waals surface area contributed by atoms with Crippen molar-refractivity contribution in [3.8, 4) is 11.5 Å². The maximum Gasteiger partial charge on any atom is 0.307 e. The molecule has 0 aliphatic heterocycles. The van der Waals surface area contributed by atoms with Gasteiger partial charge in [0.1, 0.15) is 11.5 Å². The van der Waals surface area contributed by atoms with Crippen molar-refractivity contribution < 1.29 is 19.7 Å². The van der Waals surface area contributed by atoms with Gasteiger partial charge in [0.15, 0.2) is 0 Å². The standard InChI is InChI=1S/C17H18O4/c1-21-16-7-5-12(6-8-16)9-14(17(19)20)10-13-3-2-4-15(18)11-13/h2-8,11,14,18H,9-10H2,1H3,(H,19,20). The number of rotatable bonds is 6. The molecular weight excluding hydrogens is 268 g/mol. The van der Waals surface area contributed by atoms with E-state index in [2.05, 4.69) is 0 Å². The van der Waals surface area contributed by atoms with Crippen molar-refractivity contribution in [1.29, 1.82) is 0 Å². The monoisotopic (exact) mass is 286 g/mol. The summed E-state index contributed by atoms with van der Waals surface area (Å²) in [5, 5.41) is 18.8. The number of carboxylic acid groups (broad SMARTS) is 1. The summed E-state index contributed by atoms with van der Waals surface area (Å²) < 4.78 is 5.09. The third-order valence-electron chi connectivity index (χ3n) is 3.38. The Kier molecular flexibility index (Phi) is 4.82. The number of ether oxygens (including phenoxy) is 1. The maximum absolute atomic E-state index is 11.4. The van der Waals surface area contributed by atoms with Crippen molar-refractivity contribution in [2.24, 2.45) is 5.92 Å². The van der Waals surface area contributed by atoms with Crippen molar-refractivity contribution in [2.75, 3.05) is 7.11 Å². The van der Waals surface area contributed by atoms with E-state index in [1.807, 2.05) is 30.3 Å². The summed E-state index contributed by atoms with van der Waals surface area (Å²) in [5.74, 6) is -0.464. The Hall–Kier alpha value is -2.49. The Bertz CT molecular complexity index is 604. The molecule has 0 aliphatic carbocycles. The molecule has 4 heteroatoms. The smallest absolute Gasteiger partial charge is 0.307 e. The molecule has 4 nitrogen and oxygen atoms in total. The highest BCUT2D eigenvalue weighted by atomic mass is 16.5. The number of phenolic OH excluding ortho intramolecular Hbond substituents is 1. The highest BCUT2D eigenvalue weighted by molar-refractivity contribution is 5.71. The van der Waals surface area contributed by atoms with E-state index in [1.54, 1.807) is 25.3 Å². The Labute approximate surface area is 123 Å². The minimum Gasteiger partial charge on any atom is -0.508 e. The van der Waals surface area contributed by atoms with Crippen LogP contribution in [-0.2, 0) is 17.6 Å². The molecule has 21 heavy (non-hydrogen) atoms. The van der Waals surface area contributed by atoms with Gasteiger partial charge in [-0.15, -0.1) is 0 Å². The first-order chi connectivity index (χ1) is 10.1. The molecule has 0 saturated heterocycles. The number of benzene rings is 2. The summed E-state index contributed by atoms with van der Waals surface area (Å²) in [5.41, 5.74) is 1.76. The Morgan fingerprint density at radius 3 is 2.33 bits per heavy atom. The molecule has 0 fully saturated rings. The van der Waals surface area contributed by atoms with Gasteiger partial charge in [-0.1, -0.05) is 24.3 Å². The molecule has 0 aliphatic rings. The van der Waals surface area contributed by atoms with Crippen LogP contribution in [0.3, 0.4) is 0 Å². The van der Waals surface area contributed by atoms with Crippen molar-refractivity contribution in [3.63, 3.8) is 0 Å². The van der Waals surface area contributed by atoms with Gasteiger partial charge in [-0.2, -0.15) is 0 Å². The van der Waals surface area contributed by atoms with E-state index in [9.17, 15) is 15.0 Å². The van der Waals surface area contributed by atoms with Gasteiger partial charge < -0.3 is 14.9 Å². The van der Waals surface area contributed by atoms with E-state index < -0.39 is 11.9 Å². The second-order valence-electron chi connectivity index (χ2n) is 4.96. The van der Waals surface area contributed by atoms with E-state index in [0.717, 1.165) is 16.9 Å². The van der Waals surface area contributed by atoms with Crippen LogP contribution in [0, 0.1) is 5.92 Å². The predicted molar refractivity (Wildman–Crippen MR) is 79.6 cm³/mol. The van der Waals surface area contributed by atoms with Crippen LogP contribution in [0.5, 0.6) is 11.5 Å². The molecule has 0 spiro atoms. The molecule has 0 bridgehead atoms. The van der Waals surface area contributed by atoms with Crippen LogP contribution in [-0.4, -0.2) is 23.3 Å². The SMILES string of the molecule is COc1ccc(CC(Cc2cccc(O)c2)C(=O)O)cc1. The summed E-state index contributed by atoms with van der Waals surface area (Å²) in [6.45, 7) is 0. The molecule has 0 saturated carbocycles. The van der Waals surface area contributed by atoms with Crippen LogP contribution in [0.15, 0.2) is 48.5 Å². The van der Waals surface area contributed by atoms with Crippen LogP contribution in [0.4, 0.5) is 0 Å². The number of carbonyl (C=O) groups is 1. The summed E-state index contributed by atoms with van der Waals surface area (Å²) >= 11 is 0. The highest BCUT2D eigenvalue weighted by Gasteiger charge is 2.18. The van der Waals surface area contributed by atoms with Crippen LogP contribution in [0.25, 0.3) is 0 Å². The van der Waals surface area contributed by atoms with Crippen LogP contribution in [0.1, 0.15) is 11.1 Å². The fourth-order valence-corrected chi connectivity index (χ4v) is 2.26. The van der Waals surface area contributed by atoms with E-state index in [1.165, 1.54) is 0 Å². The largest absolute Gasteiger partial charge is 0.508 e. The van der Waals surface area contributed by atoms with Gasteiger partial charge in [0.05, 0.1) is 13.0 Å². The second kappa shape index (κ2) is 6.79. The van der Waals surface area contributed by atoms with Gasteiger partial charge in [-0.05, 0) is 48.2 Å². The van der Waals surface area contributed by atoms with Gasteiger partial charge >= 0.3 is 5.97 Å². The minimum atomic E-state index is -0.839. The number of hydrogen-bond donors (Lipinski definition) is 2. The maximum atomic E-state index is 11.4. The van der Waals surface area contributed by atoms with Crippen LogP contribution < -0.4 is 4.74 Å². The first-order valence-electron chi connectivity index (χ1n) is 6.72. The van der Waals surface area contributed by atoms with Gasteiger partial charge in [0.2, 0.25) is 0 Å². The van der Waals surface area contributed by atoms with Gasteiger partial charge in [0.25, 0.3) is 0 Å².